The summed E-state index contributed by atoms with van der Waals surface area (Å²) in [5.41, 5.74) is 7.76. The van der Waals surface area contributed by atoms with Crippen molar-refractivity contribution in [3.05, 3.63) is 63.6 Å². The van der Waals surface area contributed by atoms with Crippen molar-refractivity contribution in [2.75, 3.05) is 11.9 Å². The van der Waals surface area contributed by atoms with Crippen LogP contribution >= 0.6 is 11.8 Å². The van der Waals surface area contributed by atoms with Crippen LogP contribution in [0.5, 0.6) is 0 Å². The lowest BCUT2D eigenvalue weighted by Gasteiger charge is -2.43. The first-order valence-electron chi connectivity index (χ1n) is 10.7. The van der Waals surface area contributed by atoms with Gasteiger partial charge in [-0.05, 0) is 88.9 Å². The molecule has 1 saturated heterocycles. The molecule has 0 atom stereocenters. The maximum Gasteiger partial charge on any atom is 0.290 e. The van der Waals surface area contributed by atoms with E-state index in [1.54, 1.807) is 6.08 Å². The summed E-state index contributed by atoms with van der Waals surface area (Å²) in [4.78, 5) is 25.8. The molecule has 0 radical (unpaired) electrons. The van der Waals surface area contributed by atoms with E-state index in [2.05, 4.69) is 76.1 Å². The monoisotopic (exact) mass is 434 g/mol. The van der Waals surface area contributed by atoms with Crippen LogP contribution in [0.3, 0.4) is 0 Å². The summed E-state index contributed by atoms with van der Waals surface area (Å²) in [6.45, 7) is 11.6. The standard InChI is InChI=1S/C26H30N2O2S/c1-16-13-19-20(26(4,5)12-11-25(19,2)3)15-21(16)28(6)18-9-7-17(8-10-18)14-22-23(29)27-24(30)31-22/h7-10,13-15H,11-12H2,1-6H3,(H,27,29,30)/b22-14+. The average Bonchev–Trinajstić information content (AvgIpc) is 3.02. The summed E-state index contributed by atoms with van der Waals surface area (Å²) < 4.78 is 0. The van der Waals surface area contributed by atoms with Crippen LogP contribution in [0.25, 0.3) is 6.08 Å². The highest BCUT2D eigenvalue weighted by Crippen LogP contribution is 2.48. The van der Waals surface area contributed by atoms with Crippen molar-refractivity contribution in [2.45, 2.75) is 58.3 Å². The number of hydrogen-bond donors (Lipinski definition) is 1. The van der Waals surface area contributed by atoms with Crippen LogP contribution in [0.1, 0.15) is 62.8 Å². The Morgan fingerprint density at radius 3 is 2.10 bits per heavy atom. The van der Waals surface area contributed by atoms with Crippen LogP contribution in [0.15, 0.2) is 41.3 Å². The van der Waals surface area contributed by atoms with Crippen LogP contribution in [0, 0.1) is 6.92 Å². The Balaban J connectivity index is 1.66. The lowest BCUT2D eigenvalue weighted by molar-refractivity contribution is -0.115. The van der Waals surface area contributed by atoms with Gasteiger partial charge < -0.3 is 4.90 Å². The van der Waals surface area contributed by atoms with E-state index in [0.29, 0.717) is 4.91 Å². The number of fused-ring (bicyclic) bond motifs is 1. The van der Waals surface area contributed by atoms with Gasteiger partial charge in [-0.2, -0.15) is 0 Å². The Bertz CT molecular complexity index is 1100. The molecule has 162 valence electrons. The largest absolute Gasteiger partial charge is 0.344 e. The fraction of sp³-hybridized carbons (Fsp3) is 0.385. The first-order valence-corrected chi connectivity index (χ1v) is 11.5. The first-order chi connectivity index (χ1) is 14.5. The van der Waals surface area contributed by atoms with E-state index in [0.717, 1.165) is 23.0 Å². The molecule has 2 aromatic rings. The third kappa shape index (κ3) is 4.03. The van der Waals surface area contributed by atoms with Gasteiger partial charge in [0, 0.05) is 18.4 Å². The quantitative estimate of drug-likeness (QED) is 0.565. The lowest BCUT2D eigenvalue weighted by atomic mass is 9.63. The highest BCUT2D eigenvalue weighted by Gasteiger charge is 2.37. The number of rotatable bonds is 3. The predicted molar refractivity (Wildman–Crippen MR) is 130 cm³/mol. The molecule has 4 nitrogen and oxygen atoms in total. The molecule has 1 aliphatic carbocycles. The number of benzene rings is 2. The fourth-order valence-corrected chi connectivity index (χ4v) is 5.26. The third-order valence-corrected chi connectivity index (χ3v) is 7.56. The van der Waals surface area contributed by atoms with E-state index in [9.17, 15) is 9.59 Å². The Hall–Kier alpha value is -2.53. The summed E-state index contributed by atoms with van der Waals surface area (Å²) in [5.74, 6) is -0.327. The van der Waals surface area contributed by atoms with Crippen LogP contribution < -0.4 is 10.2 Å². The van der Waals surface area contributed by atoms with Crippen molar-refractivity contribution < 1.29 is 9.59 Å². The molecule has 0 aromatic heterocycles. The molecule has 1 N–H and O–H groups in total. The van der Waals surface area contributed by atoms with Gasteiger partial charge in [0.2, 0.25) is 0 Å². The maximum atomic E-state index is 11.8. The number of hydrogen-bond acceptors (Lipinski definition) is 4. The fourth-order valence-electron chi connectivity index (χ4n) is 4.58. The lowest BCUT2D eigenvalue weighted by Crippen LogP contribution is -2.34. The van der Waals surface area contributed by atoms with Gasteiger partial charge in [-0.3, -0.25) is 14.9 Å². The number of imide groups is 1. The van der Waals surface area contributed by atoms with Gasteiger partial charge in [0.05, 0.1) is 4.91 Å². The Kier molecular flexibility index (Phi) is 5.29. The number of thioether (sulfide) groups is 1. The molecular weight excluding hydrogens is 404 g/mol. The van der Waals surface area contributed by atoms with E-state index in [1.165, 1.54) is 35.2 Å². The van der Waals surface area contributed by atoms with Crippen molar-refractivity contribution in [3.63, 3.8) is 0 Å². The number of anilines is 2. The molecular formula is C26H30N2O2S. The second kappa shape index (κ2) is 7.56. The van der Waals surface area contributed by atoms with Gasteiger partial charge in [-0.25, -0.2) is 0 Å². The number of carbonyl (C=O) groups is 2. The molecule has 2 aromatic carbocycles. The number of aryl methyl sites for hydroxylation is 1. The number of amides is 2. The zero-order chi connectivity index (χ0) is 22.6. The molecule has 2 aliphatic rings. The molecule has 1 heterocycles. The highest BCUT2D eigenvalue weighted by atomic mass is 32.2. The topological polar surface area (TPSA) is 49.4 Å². The second-order valence-electron chi connectivity index (χ2n) is 9.95. The number of carbonyl (C=O) groups excluding carboxylic acids is 2. The molecule has 0 saturated carbocycles. The van der Waals surface area contributed by atoms with Crippen molar-refractivity contribution in [1.82, 2.24) is 5.32 Å². The van der Waals surface area contributed by atoms with Gasteiger partial charge in [-0.15, -0.1) is 0 Å². The van der Waals surface area contributed by atoms with E-state index < -0.39 is 0 Å². The van der Waals surface area contributed by atoms with Crippen LogP contribution in [-0.2, 0) is 15.6 Å². The summed E-state index contributed by atoms with van der Waals surface area (Å²) in [6.07, 6.45) is 4.15. The van der Waals surface area contributed by atoms with Crippen molar-refractivity contribution >= 4 is 40.4 Å². The van der Waals surface area contributed by atoms with E-state index >= 15 is 0 Å². The van der Waals surface area contributed by atoms with Crippen LogP contribution in [0.2, 0.25) is 0 Å². The Morgan fingerprint density at radius 2 is 1.55 bits per heavy atom. The number of nitrogens with one attached hydrogen (secondary N) is 1. The summed E-state index contributed by atoms with van der Waals surface area (Å²) in [5, 5.41) is 1.97. The Morgan fingerprint density at radius 1 is 0.968 bits per heavy atom. The van der Waals surface area contributed by atoms with E-state index in [-0.39, 0.29) is 22.0 Å². The smallest absolute Gasteiger partial charge is 0.290 e. The zero-order valence-corrected chi connectivity index (χ0v) is 19.9. The molecule has 5 heteroatoms. The molecule has 1 aliphatic heterocycles. The van der Waals surface area contributed by atoms with Crippen molar-refractivity contribution in [2.24, 2.45) is 0 Å². The molecule has 2 amide bonds. The van der Waals surface area contributed by atoms with Crippen LogP contribution in [-0.4, -0.2) is 18.2 Å². The van der Waals surface area contributed by atoms with Gasteiger partial charge in [0.25, 0.3) is 11.1 Å². The van der Waals surface area contributed by atoms with Gasteiger partial charge in [0.1, 0.15) is 0 Å². The number of nitrogens with zero attached hydrogens (tertiary/aromatic N) is 1. The van der Waals surface area contributed by atoms with Gasteiger partial charge >= 0.3 is 0 Å². The second-order valence-corrected chi connectivity index (χ2v) is 11.0. The summed E-state index contributed by atoms with van der Waals surface area (Å²) in [7, 11) is 2.10. The predicted octanol–water partition coefficient (Wildman–Crippen LogP) is 6.44. The minimum atomic E-state index is -0.327. The normalized spacial score (nSPS) is 20.5. The minimum absolute atomic E-state index is 0.168. The van der Waals surface area contributed by atoms with E-state index in [1.807, 2.05) is 12.1 Å². The average molecular weight is 435 g/mol. The minimum Gasteiger partial charge on any atom is -0.344 e. The maximum absolute atomic E-state index is 11.8. The molecule has 31 heavy (non-hydrogen) atoms. The molecule has 0 bridgehead atoms. The Labute approximate surface area is 189 Å². The molecule has 1 fully saturated rings. The summed E-state index contributed by atoms with van der Waals surface area (Å²) >= 11 is 0.942. The zero-order valence-electron chi connectivity index (χ0n) is 19.1. The SMILES string of the molecule is Cc1cc2c(cc1N(C)c1ccc(/C=C3/SC(=O)NC3=O)cc1)C(C)(C)CCC2(C)C. The molecule has 4 rings (SSSR count). The molecule has 0 spiro atoms. The van der Waals surface area contributed by atoms with Gasteiger partial charge in [0.15, 0.2) is 0 Å². The molecule has 0 unspecified atom stereocenters. The van der Waals surface area contributed by atoms with Gasteiger partial charge in [-0.1, -0.05) is 45.9 Å². The third-order valence-electron chi connectivity index (χ3n) is 6.75. The van der Waals surface area contributed by atoms with Crippen molar-refractivity contribution in [1.29, 1.82) is 0 Å². The van der Waals surface area contributed by atoms with Crippen LogP contribution in [0.4, 0.5) is 16.2 Å². The van der Waals surface area contributed by atoms with Crippen molar-refractivity contribution in [3.8, 4) is 0 Å². The van der Waals surface area contributed by atoms with E-state index in [4.69, 9.17) is 0 Å². The summed E-state index contributed by atoms with van der Waals surface area (Å²) in [6, 6.07) is 12.8. The highest BCUT2D eigenvalue weighted by molar-refractivity contribution is 8.18. The first kappa shape index (κ1) is 21.7.